The summed E-state index contributed by atoms with van der Waals surface area (Å²) in [5, 5.41) is 0. The molecule has 2 aliphatic carbocycles. The molecule has 0 aromatic heterocycles. The Morgan fingerprint density at radius 2 is 1.09 bits per heavy atom. The van der Waals surface area contributed by atoms with Gasteiger partial charge in [-0.25, -0.2) is 0 Å². The Morgan fingerprint density at radius 1 is 0.696 bits per heavy atom. The van der Waals surface area contributed by atoms with Gasteiger partial charge in [-0.05, 0) is 85.9 Å². The minimum atomic E-state index is 0.548. The maximum Gasteiger partial charge on any atom is 0.0468 e. The van der Waals surface area contributed by atoms with E-state index in [-0.39, 0.29) is 0 Å². The van der Waals surface area contributed by atoms with Crippen molar-refractivity contribution in [3.8, 4) is 0 Å². The van der Waals surface area contributed by atoms with Crippen LogP contribution >= 0.6 is 0 Å². The quantitative estimate of drug-likeness (QED) is 0.494. The van der Waals surface area contributed by atoms with Crippen molar-refractivity contribution in [3.63, 3.8) is 0 Å². The van der Waals surface area contributed by atoms with Crippen LogP contribution in [0.3, 0.4) is 0 Å². The fourth-order valence-electron chi connectivity index (χ4n) is 6.13. The second kappa shape index (κ2) is 7.89. The van der Waals surface area contributed by atoms with Gasteiger partial charge in [-0.15, -0.1) is 0 Å². The first-order valence-electron chi connectivity index (χ1n) is 10.2. The minimum absolute atomic E-state index is 0.548. The molecule has 136 valence electrons. The van der Waals surface area contributed by atoms with E-state index in [2.05, 4.69) is 41.5 Å². The van der Waals surface area contributed by atoms with E-state index in [1.807, 2.05) is 0 Å². The van der Waals surface area contributed by atoms with Crippen LogP contribution < -0.4 is 0 Å². The van der Waals surface area contributed by atoms with E-state index in [1.54, 1.807) is 0 Å². The second-order valence-electron chi connectivity index (χ2n) is 10.7. The molecule has 23 heavy (non-hydrogen) atoms. The molecule has 2 fully saturated rings. The maximum atomic E-state index is 6.05. The molecule has 0 heterocycles. The molecule has 0 aromatic carbocycles. The zero-order valence-corrected chi connectivity index (χ0v) is 16.8. The summed E-state index contributed by atoms with van der Waals surface area (Å²) in [6.07, 6.45) is 11.0. The van der Waals surface area contributed by atoms with E-state index < -0.39 is 0 Å². The van der Waals surface area contributed by atoms with Crippen molar-refractivity contribution in [1.82, 2.24) is 0 Å². The highest BCUT2D eigenvalue weighted by Gasteiger charge is 2.32. The third kappa shape index (κ3) is 6.77. The topological polar surface area (TPSA) is 9.23 Å². The first kappa shape index (κ1) is 19.3. The van der Waals surface area contributed by atoms with E-state index in [1.165, 1.54) is 51.4 Å². The first-order valence-corrected chi connectivity index (χ1v) is 10.2. The van der Waals surface area contributed by atoms with Gasteiger partial charge in [0.15, 0.2) is 0 Å². The van der Waals surface area contributed by atoms with Crippen LogP contribution in [0.2, 0.25) is 0 Å². The zero-order chi connectivity index (χ0) is 17.1. The molecule has 2 saturated carbocycles. The predicted molar refractivity (Wildman–Crippen MR) is 101 cm³/mol. The van der Waals surface area contributed by atoms with Gasteiger partial charge in [0.1, 0.15) is 0 Å². The van der Waals surface area contributed by atoms with Crippen molar-refractivity contribution in [2.75, 3.05) is 13.2 Å². The molecular formula is C22H42O. The molecule has 4 atom stereocenters. The standard InChI is InChI=1S/C22H42O/c1-17-11-19(15-21(3,4)13-17)7-9-23-10-8-20-12-18(2)14-22(5,6)16-20/h17-20H,7-16H2,1-6H3/t17-,18-,19-,20-/m1/s1. The van der Waals surface area contributed by atoms with Crippen molar-refractivity contribution in [2.24, 2.45) is 34.5 Å². The van der Waals surface area contributed by atoms with Crippen LogP contribution in [-0.2, 0) is 4.74 Å². The Balaban J connectivity index is 1.61. The van der Waals surface area contributed by atoms with Crippen LogP contribution in [-0.4, -0.2) is 13.2 Å². The smallest absolute Gasteiger partial charge is 0.0468 e. The highest BCUT2D eigenvalue weighted by Crippen LogP contribution is 2.43. The first-order chi connectivity index (χ1) is 10.7. The summed E-state index contributed by atoms with van der Waals surface area (Å²) in [4.78, 5) is 0. The Hall–Kier alpha value is -0.0400. The average Bonchev–Trinajstić information content (AvgIpc) is 2.33. The molecular weight excluding hydrogens is 280 g/mol. The lowest BCUT2D eigenvalue weighted by Gasteiger charge is -2.39. The van der Waals surface area contributed by atoms with Crippen molar-refractivity contribution in [3.05, 3.63) is 0 Å². The molecule has 0 aromatic rings. The number of hydrogen-bond donors (Lipinski definition) is 0. The molecule has 0 spiro atoms. The van der Waals surface area contributed by atoms with Crippen LogP contribution in [0.4, 0.5) is 0 Å². The third-order valence-corrected chi connectivity index (χ3v) is 6.30. The monoisotopic (exact) mass is 322 g/mol. The van der Waals surface area contributed by atoms with Crippen LogP contribution in [0.5, 0.6) is 0 Å². The summed E-state index contributed by atoms with van der Waals surface area (Å²) in [5.41, 5.74) is 1.10. The Bertz CT molecular complexity index is 323. The number of ether oxygens (including phenoxy) is 1. The van der Waals surface area contributed by atoms with Gasteiger partial charge in [-0.2, -0.15) is 0 Å². The van der Waals surface area contributed by atoms with E-state index >= 15 is 0 Å². The Labute approximate surface area is 146 Å². The molecule has 0 bridgehead atoms. The van der Waals surface area contributed by atoms with Gasteiger partial charge in [0.25, 0.3) is 0 Å². The molecule has 0 aliphatic heterocycles. The lowest BCUT2D eigenvalue weighted by molar-refractivity contribution is 0.0584. The van der Waals surface area contributed by atoms with E-state index in [0.29, 0.717) is 10.8 Å². The fourth-order valence-corrected chi connectivity index (χ4v) is 6.13. The molecule has 2 aliphatic rings. The molecule has 2 rings (SSSR count). The molecule has 0 amide bonds. The van der Waals surface area contributed by atoms with E-state index in [4.69, 9.17) is 4.74 Å². The normalized spacial score (nSPS) is 36.8. The number of hydrogen-bond acceptors (Lipinski definition) is 1. The minimum Gasteiger partial charge on any atom is -0.381 e. The summed E-state index contributed by atoms with van der Waals surface area (Å²) in [6, 6.07) is 0. The molecule has 0 N–H and O–H groups in total. The maximum absolute atomic E-state index is 6.05. The molecule has 0 radical (unpaired) electrons. The van der Waals surface area contributed by atoms with Gasteiger partial charge < -0.3 is 4.74 Å². The van der Waals surface area contributed by atoms with Crippen molar-refractivity contribution in [1.29, 1.82) is 0 Å². The zero-order valence-electron chi connectivity index (χ0n) is 16.8. The summed E-state index contributed by atoms with van der Waals surface area (Å²) in [7, 11) is 0. The summed E-state index contributed by atoms with van der Waals surface area (Å²) in [5.74, 6) is 3.58. The van der Waals surface area contributed by atoms with Gasteiger partial charge in [0.2, 0.25) is 0 Å². The average molecular weight is 323 g/mol. The summed E-state index contributed by atoms with van der Waals surface area (Å²) < 4.78 is 6.05. The van der Waals surface area contributed by atoms with Gasteiger partial charge >= 0.3 is 0 Å². The van der Waals surface area contributed by atoms with Gasteiger partial charge in [-0.3, -0.25) is 0 Å². The van der Waals surface area contributed by atoms with E-state index in [0.717, 1.165) is 36.9 Å². The van der Waals surface area contributed by atoms with Crippen LogP contribution in [0.25, 0.3) is 0 Å². The Morgan fingerprint density at radius 3 is 1.43 bits per heavy atom. The summed E-state index contributed by atoms with van der Waals surface area (Å²) in [6.45, 7) is 16.6. The third-order valence-electron chi connectivity index (χ3n) is 6.30. The highest BCUT2D eigenvalue weighted by atomic mass is 16.5. The Kier molecular flexibility index (Phi) is 6.62. The lowest BCUT2D eigenvalue weighted by Crippen LogP contribution is -2.29. The van der Waals surface area contributed by atoms with Gasteiger partial charge in [0, 0.05) is 13.2 Å². The molecule has 1 heteroatoms. The van der Waals surface area contributed by atoms with Gasteiger partial charge in [-0.1, -0.05) is 41.5 Å². The molecule has 1 nitrogen and oxygen atoms in total. The predicted octanol–water partition coefficient (Wildman–Crippen LogP) is 6.71. The van der Waals surface area contributed by atoms with E-state index in [9.17, 15) is 0 Å². The van der Waals surface area contributed by atoms with Crippen LogP contribution in [0.15, 0.2) is 0 Å². The second-order valence-corrected chi connectivity index (χ2v) is 10.7. The SMILES string of the molecule is C[C@@H]1C[C@@H](CCOCC[C@@H]2C[C@@H](C)CC(C)(C)C2)CC(C)(C)C1. The fraction of sp³-hybridized carbons (Fsp3) is 1.00. The largest absolute Gasteiger partial charge is 0.381 e. The van der Waals surface area contributed by atoms with Crippen molar-refractivity contribution in [2.45, 2.75) is 92.9 Å². The lowest BCUT2D eigenvalue weighted by atomic mass is 9.67. The highest BCUT2D eigenvalue weighted by molar-refractivity contribution is 4.83. The summed E-state index contributed by atoms with van der Waals surface area (Å²) >= 11 is 0. The van der Waals surface area contributed by atoms with Gasteiger partial charge in [0.05, 0.1) is 0 Å². The number of rotatable bonds is 6. The molecule has 0 unspecified atom stereocenters. The van der Waals surface area contributed by atoms with Crippen LogP contribution in [0, 0.1) is 34.5 Å². The molecule has 0 saturated heterocycles. The van der Waals surface area contributed by atoms with Crippen molar-refractivity contribution < 1.29 is 4.74 Å². The van der Waals surface area contributed by atoms with Crippen LogP contribution in [0.1, 0.15) is 92.9 Å². The van der Waals surface area contributed by atoms with Crippen molar-refractivity contribution >= 4 is 0 Å².